The van der Waals surface area contributed by atoms with Crippen LogP contribution in [0.2, 0.25) is 0 Å². The van der Waals surface area contributed by atoms with Crippen molar-refractivity contribution in [2.75, 3.05) is 19.6 Å². The van der Waals surface area contributed by atoms with E-state index in [0.717, 1.165) is 10.5 Å². The molecule has 0 bridgehead atoms. The third-order valence-corrected chi connectivity index (χ3v) is 4.36. The van der Waals surface area contributed by atoms with Gasteiger partial charge in [0, 0.05) is 5.60 Å². The lowest BCUT2D eigenvalue weighted by Gasteiger charge is -2.29. The molecule has 0 radical (unpaired) electrons. The number of likely N-dealkylation sites (tertiary alicyclic amines) is 1. The second-order valence-electron chi connectivity index (χ2n) is 4.97. The highest BCUT2D eigenvalue weighted by Crippen LogP contribution is 2.16. The van der Waals surface area contributed by atoms with Crippen molar-refractivity contribution in [2.45, 2.75) is 51.6 Å². The van der Waals surface area contributed by atoms with Gasteiger partial charge in [0.25, 0.3) is 0 Å². The maximum Gasteiger partial charge on any atom is 0.146 e. The van der Waals surface area contributed by atoms with Gasteiger partial charge in [-0.25, -0.2) is 0 Å². The molecule has 0 aromatic rings. The molecule has 1 aliphatic rings. The molecule has 1 rings (SSSR count). The van der Waals surface area contributed by atoms with Crippen LogP contribution >= 0.6 is 0 Å². The third kappa shape index (κ3) is 4.58. The van der Waals surface area contributed by atoms with E-state index in [1.54, 1.807) is 0 Å². The van der Waals surface area contributed by atoms with Crippen LogP contribution in [0.25, 0.3) is 0 Å². The molecule has 0 aromatic carbocycles. The summed E-state index contributed by atoms with van der Waals surface area (Å²) in [4.78, 5) is 2.60. The van der Waals surface area contributed by atoms with Crippen LogP contribution in [0.15, 0.2) is 0 Å². The lowest BCUT2D eigenvalue weighted by atomic mass is 10.0. The number of piperidine rings is 1. The van der Waals surface area contributed by atoms with Crippen LogP contribution in [-0.4, -0.2) is 40.6 Å². The molecular weight excluding hydrogens is 190 g/mol. The first-order valence-electron chi connectivity index (χ1n) is 5.91. The standard InChI is InChI=1S/C11H25NOSi/c1-11(2,13-14)7-6-10-12-8-4-3-5-9-12/h3-10H2,1-2,14H3. The fourth-order valence-corrected chi connectivity index (χ4v) is 2.22. The Morgan fingerprint density at radius 3 is 2.43 bits per heavy atom. The Morgan fingerprint density at radius 1 is 1.21 bits per heavy atom. The Balaban J connectivity index is 2.08. The van der Waals surface area contributed by atoms with Gasteiger partial charge in [-0.05, 0) is 59.2 Å². The molecule has 0 amide bonds. The summed E-state index contributed by atoms with van der Waals surface area (Å²) in [5.74, 6) is 0. The molecule has 0 atom stereocenters. The average Bonchev–Trinajstić information content (AvgIpc) is 2.19. The highest BCUT2D eigenvalue weighted by atomic mass is 28.2. The van der Waals surface area contributed by atoms with Crippen molar-refractivity contribution in [1.29, 1.82) is 0 Å². The number of hydrogen-bond acceptors (Lipinski definition) is 2. The maximum atomic E-state index is 5.55. The molecular formula is C11H25NOSi. The quantitative estimate of drug-likeness (QED) is 0.642. The minimum atomic E-state index is 0.127. The number of nitrogens with zero attached hydrogens (tertiary/aromatic N) is 1. The summed E-state index contributed by atoms with van der Waals surface area (Å²) in [6.07, 6.45) is 6.73. The minimum absolute atomic E-state index is 0.127. The van der Waals surface area contributed by atoms with E-state index in [2.05, 4.69) is 18.7 Å². The van der Waals surface area contributed by atoms with E-state index in [0.29, 0.717) is 0 Å². The van der Waals surface area contributed by atoms with Crippen molar-refractivity contribution in [1.82, 2.24) is 4.90 Å². The molecule has 0 spiro atoms. The van der Waals surface area contributed by atoms with Gasteiger partial charge < -0.3 is 9.33 Å². The summed E-state index contributed by atoms with van der Waals surface area (Å²) in [6, 6.07) is 0. The van der Waals surface area contributed by atoms with Crippen molar-refractivity contribution >= 4 is 10.5 Å². The first-order chi connectivity index (χ1) is 6.64. The summed E-state index contributed by atoms with van der Waals surface area (Å²) < 4.78 is 5.55. The third-order valence-electron chi connectivity index (χ3n) is 3.25. The molecule has 1 heterocycles. The van der Waals surface area contributed by atoms with Gasteiger partial charge in [-0.3, -0.25) is 0 Å². The monoisotopic (exact) mass is 215 g/mol. The van der Waals surface area contributed by atoms with Crippen molar-refractivity contribution in [3.8, 4) is 0 Å². The van der Waals surface area contributed by atoms with Gasteiger partial charge in [-0.1, -0.05) is 6.42 Å². The Bertz CT molecular complexity index is 155. The van der Waals surface area contributed by atoms with E-state index in [4.69, 9.17) is 4.43 Å². The van der Waals surface area contributed by atoms with Crippen LogP contribution in [-0.2, 0) is 4.43 Å². The largest absolute Gasteiger partial charge is 0.423 e. The van der Waals surface area contributed by atoms with Gasteiger partial charge in [0.2, 0.25) is 0 Å². The lowest BCUT2D eigenvalue weighted by molar-refractivity contribution is 0.102. The first kappa shape index (κ1) is 12.2. The first-order valence-corrected chi connectivity index (χ1v) is 6.73. The van der Waals surface area contributed by atoms with Gasteiger partial charge in [-0.15, -0.1) is 0 Å². The number of hydrogen-bond donors (Lipinski definition) is 0. The van der Waals surface area contributed by atoms with Crippen LogP contribution in [0, 0.1) is 0 Å². The van der Waals surface area contributed by atoms with Gasteiger partial charge in [0.05, 0.1) is 0 Å². The van der Waals surface area contributed by atoms with Gasteiger partial charge in [0.15, 0.2) is 0 Å². The molecule has 84 valence electrons. The summed E-state index contributed by atoms with van der Waals surface area (Å²) in [5.41, 5.74) is 0.127. The molecule has 3 heteroatoms. The Kier molecular flexibility index (Phi) is 5.13. The zero-order chi connectivity index (χ0) is 10.4. The fraction of sp³-hybridized carbons (Fsp3) is 1.00. The predicted molar refractivity (Wildman–Crippen MR) is 64.6 cm³/mol. The molecule has 2 nitrogen and oxygen atoms in total. The number of rotatable bonds is 5. The van der Waals surface area contributed by atoms with Crippen molar-refractivity contribution in [3.05, 3.63) is 0 Å². The molecule has 0 unspecified atom stereocenters. The van der Waals surface area contributed by atoms with E-state index in [1.807, 2.05) is 0 Å². The Labute approximate surface area is 91.6 Å². The van der Waals surface area contributed by atoms with E-state index in [1.165, 1.54) is 51.7 Å². The summed E-state index contributed by atoms with van der Waals surface area (Å²) in [7, 11) is 0.860. The fourth-order valence-electron chi connectivity index (χ4n) is 2.01. The summed E-state index contributed by atoms with van der Waals surface area (Å²) in [5, 5.41) is 0. The van der Waals surface area contributed by atoms with Gasteiger partial charge >= 0.3 is 0 Å². The summed E-state index contributed by atoms with van der Waals surface area (Å²) >= 11 is 0. The molecule has 0 aromatic heterocycles. The highest BCUT2D eigenvalue weighted by Gasteiger charge is 2.16. The molecule has 14 heavy (non-hydrogen) atoms. The highest BCUT2D eigenvalue weighted by molar-refractivity contribution is 5.98. The van der Waals surface area contributed by atoms with E-state index in [9.17, 15) is 0 Å². The summed E-state index contributed by atoms with van der Waals surface area (Å²) in [6.45, 7) is 8.32. The van der Waals surface area contributed by atoms with Gasteiger partial charge in [0.1, 0.15) is 10.5 Å². The SMILES string of the molecule is CC(C)(CCCN1CCCCC1)O[SiH3]. The van der Waals surface area contributed by atoms with Crippen molar-refractivity contribution < 1.29 is 4.43 Å². The van der Waals surface area contributed by atoms with Crippen molar-refractivity contribution in [3.63, 3.8) is 0 Å². The Morgan fingerprint density at radius 2 is 1.86 bits per heavy atom. The van der Waals surface area contributed by atoms with Gasteiger partial charge in [-0.2, -0.15) is 0 Å². The molecule has 0 N–H and O–H groups in total. The molecule has 0 saturated carbocycles. The van der Waals surface area contributed by atoms with Crippen LogP contribution in [0.1, 0.15) is 46.0 Å². The zero-order valence-electron chi connectivity index (χ0n) is 10.0. The normalized spacial score (nSPS) is 20.1. The maximum absolute atomic E-state index is 5.55. The Hall–Kier alpha value is 0.137. The average molecular weight is 215 g/mol. The zero-order valence-corrected chi connectivity index (χ0v) is 12.0. The molecule has 1 aliphatic heterocycles. The van der Waals surface area contributed by atoms with Crippen LogP contribution in [0.4, 0.5) is 0 Å². The smallest absolute Gasteiger partial charge is 0.146 e. The lowest BCUT2D eigenvalue weighted by Crippen LogP contribution is -2.32. The molecule has 1 fully saturated rings. The molecule has 1 saturated heterocycles. The predicted octanol–water partition coefficient (Wildman–Crippen LogP) is 1.33. The minimum Gasteiger partial charge on any atom is -0.423 e. The second-order valence-corrected chi connectivity index (χ2v) is 5.38. The second kappa shape index (κ2) is 5.88. The van der Waals surface area contributed by atoms with Crippen LogP contribution < -0.4 is 0 Å². The van der Waals surface area contributed by atoms with Crippen LogP contribution in [0.5, 0.6) is 0 Å². The van der Waals surface area contributed by atoms with E-state index < -0.39 is 0 Å². The van der Waals surface area contributed by atoms with Crippen LogP contribution in [0.3, 0.4) is 0 Å². The topological polar surface area (TPSA) is 12.5 Å². The van der Waals surface area contributed by atoms with E-state index >= 15 is 0 Å². The van der Waals surface area contributed by atoms with Crippen molar-refractivity contribution in [2.24, 2.45) is 0 Å². The molecule has 0 aliphatic carbocycles. The van der Waals surface area contributed by atoms with E-state index in [-0.39, 0.29) is 5.60 Å².